The lowest BCUT2D eigenvalue weighted by Gasteiger charge is -2.29. The van der Waals surface area contributed by atoms with E-state index in [0.29, 0.717) is 0 Å². The van der Waals surface area contributed by atoms with Gasteiger partial charge in [-0.25, -0.2) is 0 Å². The minimum absolute atomic E-state index is 0.0838. The Kier molecular flexibility index (Phi) is 3.43. The Hall–Kier alpha value is -1.03. The van der Waals surface area contributed by atoms with E-state index >= 15 is 0 Å². The summed E-state index contributed by atoms with van der Waals surface area (Å²) in [5, 5.41) is 0. The molecular formula is C13H16F3N. The van der Waals surface area contributed by atoms with Crippen LogP contribution in [0, 0.1) is 0 Å². The smallest absolute Gasteiger partial charge is 0.327 e. The van der Waals surface area contributed by atoms with Crippen LogP contribution in [0.3, 0.4) is 0 Å². The van der Waals surface area contributed by atoms with Crippen molar-refractivity contribution >= 4 is 0 Å². The van der Waals surface area contributed by atoms with Crippen LogP contribution in [0.25, 0.3) is 0 Å². The molecule has 0 aliphatic heterocycles. The van der Waals surface area contributed by atoms with Gasteiger partial charge in [0.05, 0.1) is 5.56 Å². The van der Waals surface area contributed by atoms with E-state index in [2.05, 4.69) is 0 Å². The number of hydrogen-bond acceptors (Lipinski definition) is 1. The van der Waals surface area contributed by atoms with Crippen molar-refractivity contribution < 1.29 is 13.2 Å². The molecule has 2 N–H and O–H groups in total. The average molecular weight is 243 g/mol. The second-order valence-electron chi connectivity index (χ2n) is 4.67. The molecule has 17 heavy (non-hydrogen) atoms. The fraction of sp³-hybridized carbons (Fsp3) is 0.538. The zero-order chi connectivity index (χ0) is 12.5. The Labute approximate surface area is 98.8 Å². The van der Waals surface area contributed by atoms with Crippen LogP contribution >= 0.6 is 0 Å². The summed E-state index contributed by atoms with van der Waals surface area (Å²) in [5.74, 6) is 0.214. The largest absolute Gasteiger partial charge is 0.416 e. The maximum atomic E-state index is 12.4. The highest BCUT2D eigenvalue weighted by Crippen LogP contribution is 2.34. The molecule has 0 amide bonds. The van der Waals surface area contributed by atoms with Crippen LogP contribution in [-0.4, -0.2) is 6.04 Å². The highest BCUT2D eigenvalue weighted by Gasteiger charge is 2.31. The third-order valence-corrected chi connectivity index (χ3v) is 3.49. The zero-order valence-electron chi connectivity index (χ0n) is 9.50. The molecule has 94 valence electrons. The third-order valence-electron chi connectivity index (χ3n) is 3.49. The molecule has 0 aromatic heterocycles. The first-order chi connectivity index (χ1) is 7.98. The molecule has 0 unspecified atom stereocenters. The highest BCUT2D eigenvalue weighted by molar-refractivity contribution is 5.28. The minimum Gasteiger partial charge on any atom is -0.327 e. The standard InChI is InChI=1S/C13H16F3N/c14-13(15,16)10-7-5-9(6-8-10)11-3-1-2-4-12(11)17/h5-8,11-12H,1-4,17H2/t11-,12-/m0/s1. The average Bonchev–Trinajstić information content (AvgIpc) is 2.29. The van der Waals surface area contributed by atoms with Crippen LogP contribution in [0.4, 0.5) is 13.2 Å². The van der Waals surface area contributed by atoms with E-state index in [1.54, 1.807) is 12.1 Å². The lowest BCUT2D eigenvalue weighted by atomic mass is 9.80. The van der Waals surface area contributed by atoms with E-state index in [0.717, 1.165) is 43.4 Å². The van der Waals surface area contributed by atoms with Crippen molar-refractivity contribution in [1.82, 2.24) is 0 Å². The summed E-state index contributed by atoms with van der Waals surface area (Å²) in [6.07, 6.45) is -0.0802. The van der Waals surface area contributed by atoms with Gasteiger partial charge in [0.25, 0.3) is 0 Å². The number of rotatable bonds is 1. The first-order valence-electron chi connectivity index (χ1n) is 5.91. The molecule has 2 atom stereocenters. The normalized spacial score (nSPS) is 25.9. The van der Waals surface area contributed by atoms with Crippen LogP contribution < -0.4 is 5.73 Å². The molecule has 1 aromatic rings. The molecule has 0 heterocycles. The zero-order valence-corrected chi connectivity index (χ0v) is 9.50. The predicted molar refractivity (Wildman–Crippen MR) is 60.6 cm³/mol. The van der Waals surface area contributed by atoms with E-state index in [-0.39, 0.29) is 12.0 Å². The van der Waals surface area contributed by atoms with Crippen molar-refractivity contribution in [2.75, 3.05) is 0 Å². The number of halogens is 3. The Bertz CT molecular complexity index is 369. The Morgan fingerprint density at radius 1 is 1.00 bits per heavy atom. The summed E-state index contributed by atoms with van der Waals surface area (Å²) in [4.78, 5) is 0. The van der Waals surface area contributed by atoms with Gasteiger partial charge in [-0.1, -0.05) is 25.0 Å². The van der Waals surface area contributed by atoms with Gasteiger partial charge in [0.15, 0.2) is 0 Å². The minimum atomic E-state index is -4.26. The molecule has 1 aromatic carbocycles. The first kappa shape index (κ1) is 12.4. The summed E-state index contributed by atoms with van der Waals surface area (Å²) in [6.45, 7) is 0. The lowest BCUT2D eigenvalue weighted by molar-refractivity contribution is -0.137. The van der Waals surface area contributed by atoms with Crippen molar-refractivity contribution in [3.8, 4) is 0 Å². The van der Waals surface area contributed by atoms with Gasteiger partial charge in [0, 0.05) is 6.04 Å². The summed E-state index contributed by atoms with van der Waals surface area (Å²) in [7, 11) is 0. The SMILES string of the molecule is N[C@H]1CCCC[C@H]1c1ccc(C(F)(F)F)cc1. The summed E-state index contributed by atoms with van der Waals surface area (Å²) in [6, 6.07) is 5.52. The molecule has 1 saturated carbocycles. The van der Waals surface area contributed by atoms with Crippen molar-refractivity contribution in [2.24, 2.45) is 5.73 Å². The van der Waals surface area contributed by atoms with Gasteiger partial charge in [-0.2, -0.15) is 13.2 Å². The second kappa shape index (κ2) is 4.69. The van der Waals surface area contributed by atoms with Gasteiger partial charge >= 0.3 is 6.18 Å². The fourth-order valence-electron chi connectivity index (χ4n) is 2.49. The predicted octanol–water partition coefficient (Wildman–Crippen LogP) is 3.69. The van der Waals surface area contributed by atoms with Crippen LogP contribution in [0.1, 0.15) is 42.7 Å². The van der Waals surface area contributed by atoms with E-state index in [9.17, 15) is 13.2 Å². The molecule has 1 fully saturated rings. The van der Waals surface area contributed by atoms with E-state index in [1.165, 1.54) is 0 Å². The van der Waals surface area contributed by atoms with Gasteiger partial charge < -0.3 is 5.73 Å². The molecule has 4 heteroatoms. The number of hydrogen-bond donors (Lipinski definition) is 1. The number of alkyl halides is 3. The topological polar surface area (TPSA) is 26.0 Å². The summed E-state index contributed by atoms with van der Waals surface area (Å²) in [5.41, 5.74) is 6.36. The van der Waals surface area contributed by atoms with Gasteiger partial charge in [0.2, 0.25) is 0 Å². The molecule has 0 saturated heterocycles. The Balaban J connectivity index is 2.17. The van der Waals surface area contributed by atoms with Crippen LogP contribution in [0.5, 0.6) is 0 Å². The number of benzene rings is 1. The van der Waals surface area contributed by atoms with Gasteiger partial charge in [0.1, 0.15) is 0 Å². The van der Waals surface area contributed by atoms with E-state index in [1.807, 2.05) is 0 Å². The van der Waals surface area contributed by atoms with Crippen molar-refractivity contribution in [2.45, 2.75) is 43.8 Å². The maximum absolute atomic E-state index is 12.4. The van der Waals surface area contributed by atoms with Crippen molar-refractivity contribution in [3.05, 3.63) is 35.4 Å². The van der Waals surface area contributed by atoms with Gasteiger partial charge in [-0.05, 0) is 36.5 Å². The second-order valence-corrected chi connectivity index (χ2v) is 4.67. The molecule has 1 aliphatic rings. The van der Waals surface area contributed by atoms with Crippen molar-refractivity contribution in [1.29, 1.82) is 0 Å². The van der Waals surface area contributed by atoms with Gasteiger partial charge in [-0.15, -0.1) is 0 Å². The van der Waals surface area contributed by atoms with Gasteiger partial charge in [-0.3, -0.25) is 0 Å². The maximum Gasteiger partial charge on any atom is 0.416 e. The monoisotopic (exact) mass is 243 g/mol. The highest BCUT2D eigenvalue weighted by atomic mass is 19.4. The van der Waals surface area contributed by atoms with Crippen LogP contribution in [0.2, 0.25) is 0 Å². The molecule has 1 nitrogen and oxygen atoms in total. The fourth-order valence-corrected chi connectivity index (χ4v) is 2.49. The Morgan fingerprint density at radius 2 is 1.59 bits per heavy atom. The molecule has 0 bridgehead atoms. The molecule has 0 spiro atoms. The molecule has 1 aliphatic carbocycles. The lowest BCUT2D eigenvalue weighted by Crippen LogP contribution is -2.31. The third kappa shape index (κ3) is 2.80. The van der Waals surface area contributed by atoms with Crippen LogP contribution in [0.15, 0.2) is 24.3 Å². The molecule has 0 radical (unpaired) electrons. The van der Waals surface area contributed by atoms with Crippen molar-refractivity contribution in [3.63, 3.8) is 0 Å². The molecular weight excluding hydrogens is 227 g/mol. The van der Waals surface area contributed by atoms with E-state index < -0.39 is 11.7 Å². The number of nitrogens with two attached hydrogens (primary N) is 1. The van der Waals surface area contributed by atoms with E-state index in [4.69, 9.17) is 5.73 Å². The summed E-state index contributed by atoms with van der Waals surface area (Å²) >= 11 is 0. The Morgan fingerprint density at radius 3 is 2.12 bits per heavy atom. The molecule has 2 rings (SSSR count). The summed E-state index contributed by atoms with van der Waals surface area (Å²) < 4.78 is 37.2. The quantitative estimate of drug-likeness (QED) is 0.799. The van der Waals surface area contributed by atoms with Crippen LogP contribution in [-0.2, 0) is 6.18 Å². The first-order valence-corrected chi connectivity index (χ1v) is 5.91.